The molecule has 0 saturated heterocycles. The Bertz CT molecular complexity index is 723. The molecule has 0 spiro atoms. The molecule has 3 rings (SSSR count). The van der Waals surface area contributed by atoms with Crippen LogP contribution < -0.4 is 0 Å². The number of aromatic nitrogens is 2. The lowest BCUT2D eigenvalue weighted by Gasteiger charge is -2.12. The number of benzene rings is 1. The number of imidazole rings is 1. The van der Waals surface area contributed by atoms with Crippen molar-refractivity contribution in [3.05, 3.63) is 52.6 Å². The molecule has 1 atom stereocenters. The van der Waals surface area contributed by atoms with Crippen molar-refractivity contribution in [3.8, 4) is 0 Å². The van der Waals surface area contributed by atoms with Crippen LogP contribution in [0.2, 0.25) is 5.02 Å². The molecule has 21 heavy (non-hydrogen) atoms. The minimum absolute atomic E-state index is 0.0592. The fourth-order valence-electron chi connectivity index (χ4n) is 2.61. The van der Waals surface area contributed by atoms with Crippen LogP contribution in [0.4, 0.5) is 0 Å². The maximum atomic E-state index is 12.5. The van der Waals surface area contributed by atoms with Gasteiger partial charge in [0.2, 0.25) is 5.82 Å². The van der Waals surface area contributed by atoms with E-state index in [1.165, 1.54) is 6.20 Å². The second kappa shape index (κ2) is 5.33. The Morgan fingerprint density at radius 3 is 3.05 bits per heavy atom. The molecule has 2 aromatic rings. The van der Waals surface area contributed by atoms with E-state index >= 15 is 0 Å². The molecule has 0 aliphatic heterocycles. The number of carbonyl (C=O) groups is 2. The predicted molar refractivity (Wildman–Crippen MR) is 76.7 cm³/mol. The second-order valence-corrected chi connectivity index (χ2v) is 5.14. The number of rotatable bonds is 3. The summed E-state index contributed by atoms with van der Waals surface area (Å²) in [7, 11) is 0. The van der Waals surface area contributed by atoms with Gasteiger partial charge in [0, 0.05) is 29.4 Å². The van der Waals surface area contributed by atoms with E-state index in [1.54, 1.807) is 35.9 Å². The molecule has 1 aromatic heterocycles. The molecule has 6 heteroatoms. The zero-order valence-electron chi connectivity index (χ0n) is 11.4. The standard InChI is InChI=1S/C15H13ClN2O3/c1-2-21-15(20)14-17-6-7-18(14)12-8-10-9(13(12)19)4-3-5-11(10)16/h3-7,12H,2,8H2,1H3. The molecule has 5 nitrogen and oxygen atoms in total. The molecule has 0 saturated carbocycles. The molecule has 1 aliphatic rings. The van der Waals surface area contributed by atoms with Crippen LogP contribution in [0.25, 0.3) is 0 Å². The molecule has 108 valence electrons. The normalized spacial score (nSPS) is 16.9. The molecule has 1 heterocycles. The van der Waals surface area contributed by atoms with Gasteiger partial charge >= 0.3 is 5.97 Å². The van der Waals surface area contributed by atoms with Crippen LogP contribution in [-0.4, -0.2) is 27.9 Å². The summed E-state index contributed by atoms with van der Waals surface area (Å²) in [5.41, 5.74) is 1.42. The quantitative estimate of drug-likeness (QED) is 0.818. The number of carbonyl (C=O) groups excluding carboxylic acids is 2. The van der Waals surface area contributed by atoms with Crippen molar-refractivity contribution in [2.75, 3.05) is 6.61 Å². The summed E-state index contributed by atoms with van der Waals surface area (Å²) in [6, 6.07) is 4.77. The van der Waals surface area contributed by atoms with Crippen LogP contribution in [0.15, 0.2) is 30.6 Å². The van der Waals surface area contributed by atoms with Gasteiger partial charge in [-0.3, -0.25) is 4.79 Å². The molecular weight excluding hydrogens is 292 g/mol. The molecule has 1 aliphatic carbocycles. The van der Waals surface area contributed by atoms with Crippen LogP contribution >= 0.6 is 11.6 Å². The van der Waals surface area contributed by atoms with Gasteiger partial charge in [-0.15, -0.1) is 0 Å². The summed E-state index contributed by atoms with van der Waals surface area (Å²) < 4.78 is 6.53. The van der Waals surface area contributed by atoms with Crippen molar-refractivity contribution in [2.45, 2.75) is 19.4 Å². The molecule has 0 N–H and O–H groups in total. The fourth-order valence-corrected chi connectivity index (χ4v) is 2.86. The van der Waals surface area contributed by atoms with E-state index in [2.05, 4.69) is 4.98 Å². The van der Waals surface area contributed by atoms with Gasteiger partial charge in [0.15, 0.2) is 5.78 Å². The van der Waals surface area contributed by atoms with E-state index < -0.39 is 12.0 Å². The number of esters is 1. The summed E-state index contributed by atoms with van der Waals surface area (Å²) in [6.07, 6.45) is 3.56. The van der Waals surface area contributed by atoms with E-state index in [9.17, 15) is 9.59 Å². The zero-order valence-corrected chi connectivity index (χ0v) is 12.1. The number of nitrogens with zero attached hydrogens (tertiary/aromatic N) is 2. The Kier molecular flexibility index (Phi) is 3.51. The van der Waals surface area contributed by atoms with Crippen LogP contribution in [0.3, 0.4) is 0 Å². The lowest BCUT2D eigenvalue weighted by atomic mass is 10.1. The molecule has 0 amide bonds. The summed E-state index contributed by atoms with van der Waals surface area (Å²) in [6.45, 7) is 1.98. The van der Waals surface area contributed by atoms with Crippen molar-refractivity contribution in [1.29, 1.82) is 0 Å². The molecule has 1 unspecified atom stereocenters. The monoisotopic (exact) mass is 304 g/mol. The lowest BCUT2D eigenvalue weighted by molar-refractivity contribution is 0.0504. The van der Waals surface area contributed by atoms with E-state index in [-0.39, 0.29) is 18.2 Å². The average molecular weight is 305 g/mol. The van der Waals surface area contributed by atoms with Crippen LogP contribution in [0.5, 0.6) is 0 Å². The van der Waals surface area contributed by atoms with Crippen LogP contribution in [0, 0.1) is 0 Å². The number of halogens is 1. The first-order chi connectivity index (χ1) is 10.1. The third-order valence-corrected chi connectivity index (χ3v) is 3.90. The van der Waals surface area contributed by atoms with Gasteiger partial charge in [0.05, 0.1) is 6.61 Å². The lowest BCUT2D eigenvalue weighted by Crippen LogP contribution is -2.21. The molecule has 1 aromatic carbocycles. The Labute approximate surface area is 126 Å². The predicted octanol–water partition coefficient (Wildman–Crippen LogP) is 2.69. The van der Waals surface area contributed by atoms with Gasteiger partial charge < -0.3 is 9.30 Å². The number of hydrogen-bond donors (Lipinski definition) is 0. The Balaban J connectivity index is 1.98. The average Bonchev–Trinajstić information content (AvgIpc) is 3.05. The third kappa shape index (κ3) is 2.23. The number of fused-ring (bicyclic) bond motifs is 1. The molecule has 0 radical (unpaired) electrons. The van der Waals surface area contributed by atoms with Gasteiger partial charge in [-0.25, -0.2) is 9.78 Å². The largest absolute Gasteiger partial charge is 0.460 e. The van der Waals surface area contributed by atoms with E-state index in [4.69, 9.17) is 16.3 Å². The van der Waals surface area contributed by atoms with Gasteiger partial charge in [0.1, 0.15) is 6.04 Å². The van der Waals surface area contributed by atoms with Crippen LogP contribution in [0.1, 0.15) is 39.5 Å². The zero-order chi connectivity index (χ0) is 15.0. The van der Waals surface area contributed by atoms with E-state index in [0.29, 0.717) is 17.0 Å². The topological polar surface area (TPSA) is 61.2 Å². The number of ether oxygens (including phenoxy) is 1. The van der Waals surface area contributed by atoms with Gasteiger partial charge in [-0.05, 0) is 18.6 Å². The SMILES string of the molecule is CCOC(=O)c1nccn1C1Cc2c(Cl)cccc2C1=O. The smallest absolute Gasteiger partial charge is 0.374 e. The highest BCUT2D eigenvalue weighted by molar-refractivity contribution is 6.32. The maximum absolute atomic E-state index is 12.5. The van der Waals surface area contributed by atoms with E-state index in [1.807, 2.05) is 0 Å². The first-order valence-electron chi connectivity index (χ1n) is 6.65. The van der Waals surface area contributed by atoms with Gasteiger partial charge in [-0.2, -0.15) is 0 Å². The van der Waals surface area contributed by atoms with Gasteiger partial charge in [-0.1, -0.05) is 23.7 Å². The van der Waals surface area contributed by atoms with E-state index in [0.717, 1.165) is 5.56 Å². The highest BCUT2D eigenvalue weighted by Crippen LogP contribution is 2.35. The maximum Gasteiger partial charge on any atom is 0.374 e. The number of ketones is 1. The first-order valence-corrected chi connectivity index (χ1v) is 7.02. The molecule has 0 fully saturated rings. The first kappa shape index (κ1) is 13.8. The van der Waals surface area contributed by atoms with Gasteiger partial charge in [0.25, 0.3) is 0 Å². The highest BCUT2D eigenvalue weighted by atomic mass is 35.5. The molecule has 0 bridgehead atoms. The number of Topliss-reactive ketones (excluding diaryl/α,β-unsaturated/α-hetero) is 1. The summed E-state index contributed by atoms with van der Waals surface area (Å²) in [5, 5.41) is 0.571. The van der Waals surface area contributed by atoms with Crippen LogP contribution in [-0.2, 0) is 11.2 Å². The minimum atomic E-state index is -0.530. The molecular formula is C15H13ClN2O3. The van der Waals surface area contributed by atoms with Crippen molar-refractivity contribution in [2.24, 2.45) is 0 Å². The summed E-state index contributed by atoms with van der Waals surface area (Å²) in [4.78, 5) is 28.4. The second-order valence-electron chi connectivity index (χ2n) is 4.73. The number of hydrogen-bond acceptors (Lipinski definition) is 4. The Morgan fingerprint density at radius 2 is 2.33 bits per heavy atom. The fraction of sp³-hybridized carbons (Fsp3) is 0.267. The summed E-state index contributed by atoms with van der Waals surface area (Å²) in [5.74, 6) is -0.451. The summed E-state index contributed by atoms with van der Waals surface area (Å²) >= 11 is 6.14. The van der Waals surface area contributed by atoms with Crippen molar-refractivity contribution < 1.29 is 14.3 Å². The third-order valence-electron chi connectivity index (χ3n) is 3.55. The van der Waals surface area contributed by atoms with Crippen molar-refractivity contribution in [1.82, 2.24) is 9.55 Å². The Morgan fingerprint density at radius 1 is 1.52 bits per heavy atom. The van der Waals surface area contributed by atoms with Crippen molar-refractivity contribution >= 4 is 23.4 Å². The minimum Gasteiger partial charge on any atom is -0.460 e. The highest BCUT2D eigenvalue weighted by Gasteiger charge is 2.35. The van der Waals surface area contributed by atoms with Crippen molar-refractivity contribution in [3.63, 3.8) is 0 Å². The Hall–Kier alpha value is -2.14.